The lowest BCUT2D eigenvalue weighted by molar-refractivity contribution is -0.159. The van der Waals surface area contributed by atoms with Crippen LogP contribution in [0.5, 0.6) is 5.75 Å². The van der Waals surface area contributed by atoms with E-state index < -0.39 is 34.6 Å². The first-order valence-electron chi connectivity index (χ1n) is 9.46. The largest absolute Gasteiger partial charge is 0.495 e. The first-order valence-corrected chi connectivity index (χ1v) is 9.84. The van der Waals surface area contributed by atoms with Gasteiger partial charge in [-0.25, -0.2) is 4.39 Å². The zero-order valence-corrected chi connectivity index (χ0v) is 17.8. The zero-order valence-electron chi connectivity index (χ0n) is 17.1. The molecule has 0 aliphatic carbocycles. The SMILES string of the molecule is COc1cccc(Cl)c1Nc1c(NCc2ccc(-c3noc(C(F)(F)F)n3)c(F)c2)c(=O)c1=O. The second-order valence-corrected chi connectivity index (χ2v) is 7.35. The van der Waals surface area contributed by atoms with Gasteiger partial charge in [-0.1, -0.05) is 28.9 Å². The molecule has 0 radical (unpaired) electrons. The number of benzene rings is 2. The third kappa shape index (κ3) is 4.31. The molecule has 176 valence electrons. The van der Waals surface area contributed by atoms with Crippen molar-refractivity contribution in [3.63, 3.8) is 0 Å². The molecule has 0 spiro atoms. The lowest BCUT2D eigenvalue weighted by atomic mass is 10.1. The number of nitrogens with zero attached hydrogens (tertiary/aromatic N) is 2. The molecule has 3 aromatic carbocycles. The van der Waals surface area contributed by atoms with Crippen molar-refractivity contribution in [1.29, 1.82) is 0 Å². The fourth-order valence-corrected chi connectivity index (χ4v) is 3.30. The summed E-state index contributed by atoms with van der Waals surface area (Å²) < 4.78 is 61.6. The van der Waals surface area contributed by atoms with Crippen LogP contribution in [-0.4, -0.2) is 17.3 Å². The molecule has 0 atom stereocenters. The second kappa shape index (κ2) is 8.78. The fraction of sp³-hybridized carbons (Fsp3) is 0.143. The Kier molecular flexibility index (Phi) is 6.00. The maximum atomic E-state index is 14.5. The Hall–Kier alpha value is -3.93. The van der Waals surface area contributed by atoms with E-state index in [2.05, 4.69) is 25.3 Å². The van der Waals surface area contributed by atoms with Gasteiger partial charge in [-0.05, 0) is 29.8 Å². The van der Waals surface area contributed by atoms with Gasteiger partial charge in [0.25, 0.3) is 10.9 Å². The maximum absolute atomic E-state index is 14.5. The second-order valence-electron chi connectivity index (χ2n) is 6.94. The van der Waals surface area contributed by atoms with Gasteiger partial charge >= 0.3 is 12.1 Å². The number of hydrogen-bond acceptors (Lipinski definition) is 8. The van der Waals surface area contributed by atoms with Crippen LogP contribution in [0, 0.1) is 5.82 Å². The Labute approximate surface area is 192 Å². The summed E-state index contributed by atoms with van der Waals surface area (Å²) in [4.78, 5) is 27.3. The fourth-order valence-electron chi connectivity index (χ4n) is 3.09. The minimum absolute atomic E-state index is 0.0376. The smallest absolute Gasteiger partial charge is 0.471 e. The standard InChI is InChI=1S/C21H13ClF4N4O4/c1-33-13-4-2-3-11(22)14(13)28-16-15(17(31)18(16)32)27-8-9-5-6-10(12(23)7-9)19-29-20(34-30-19)21(24,25)26/h2-7,27-28H,8H2,1H3. The molecule has 0 aliphatic heterocycles. The molecule has 8 nitrogen and oxygen atoms in total. The van der Waals surface area contributed by atoms with Crippen LogP contribution in [0.4, 0.5) is 34.6 Å². The van der Waals surface area contributed by atoms with Crippen LogP contribution in [0.1, 0.15) is 11.5 Å². The Morgan fingerprint density at radius 3 is 2.47 bits per heavy atom. The Bertz CT molecular complexity index is 1440. The molecule has 34 heavy (non-hydrogen) atoms. The summed E-state index contributed by atoms with van der Waals surface area (Å²) in [6.07, 6.45) is -4.86. The molecule has 0 saturated heterocycles. The summed E-state index contributed by atoms with van der Waals surface area (Å²) in [5, 5.41) is 8.94. The summed E-state index contributed by atoms with van der Waals surface area (Å²) in [6, 6.07) is 8.42. The van der Waals surface area contributed by atoms with Crippen molar-refractivity contribution in [3.05, 3.63) is 79.1 Å². The van der Waals surface area contributed by atoms with Gasteiger partial charge in [-0.15, -0.1) is 0 Å². The van der Waals surface area contributed by atoms with Crippen molar-refractivity contribution in [2.24, 2.45) is 0 Å². The van der Waals surface area contributed by atoms with Crippen molar-refractivity contribution < 1.29 is 26.8 Å². The molecule has 0 amide bonds. The number of nitrogens with one attached hydrogen (secondary N) is 2. The summed E-state index contributed by atoms with van der Waals surface area (Å²) in [5.41, 5.74) is -1.32. The minimum atomic E-state index is -4.86. The number of alkyl halides is 3. The average Bonchev–Trinajstić information content (AvgIpc) is 3.29. The first-order chi connectivity index (χ1) is 16.1. The third-order valence-corrected chi connectivity index (χ3v) is 5.08. The highest BCUT2D eigenvalue weighted by Crippen LogP contribution is 2.35. The summed E-state index contributed by atoms with van der Waals surface area (Å²) >= 11 is 6.14. The lowest BCUT2D eigenvalue weighted by Gasteiger charge is -2.17. The predicted molar refractivity (Wildman–Crippen MR) is 115 cm³/mol. The van der Waals surface area contributed by atoms with Gasteiger partial charge in [0.05, 0.1) is 17.7 Å². The van der Waals surface area contributed by atoms with Crippen molar-refractivity contribution in [2.45, 2.75) is 12.7 Å². The van der Waals surface area contributed by atoms with Gasteiger partial charge in [0.15, 0.2) is 0 Å². The molecule has 0 fully saturated rings. The van der Waals surface area contributed by atoms with Crippen molar-refractivity contribution in [2.75, 3.05) is 17.7 Å². The molecule has 0 saturated carbocycles. The molecular weight excluding hydrogens is 484 g/mol. The van der Waals surface area contributed by atoms with Gasteiger partial charge in [-0.3, -0.25) is 9.59 Å². The van der Waals surface area contributed by atoms with E-state index in [-0.39, 0.29) is 34.2 Å². The third-order valence-electron chi connectivity index (χ3n) is 4.77. The molecular formula is C21H13ClF4N4O4. The molecule has 1 heterocycles. The molecule has 4 rings (SSSR count). The summed E-state index contributed by atoms with van der Waals surface area (Å²) in [7, 11) is 1.41. The zero-order chi connectivity index (χ0) is 24.6. The number of ether oxygens (including phenoxy) is 1. The molecule has 1 aromatic heterocycles. The highest BCUT2D eigenvalue weighted by Gasteiger charge is 2.38. The lowest BCUT2D eigenvalue weighted by Crippen LogP contribution is -2.36. The van der Waals surface area contributed by atoms with E-state index in [1.807, 2.05) is 0 Å². The van der Waals surface area contributed by atoms with Crippen LogP contribution in [0.15, 0.2) is 50.5 Å². The Morgan fingerprint density at radius 1 is 1.09 bits per heavy atom. The normalized spacial score (nSPS) is 11.6. The van der Waals surface area contributed by atoms with E-state index >= 15 is 0 Å². The number of halogens is 5. The minimum Gasteiger partial charge on any atom is -0.495 e. The monoisotopic (exact) mass is 496 g/mol. The van der Waals surface area contributed by atoms with Gasteiger partial charge in [0.1, 0.15) is 28.6 Å². The van der Waals surface area contributed by atoms with Crippen LogP contribution in [-0.2, 0) is 12.7 Å². The number of hydrogen-bond donors (Lipinski definition) is 2. The Morgan fingerprint density at radius 2 is 1.82 bits per heavy atom. The molecule has 4 aromatic rings. The highest BCUT2D eigenvalue weighted by atomic mass is 35.5. The highest BCUT2D eigenvalue weighted by molar-refractivity contribution is 6.33. The first kappa shape index (κ1) is 23.2. The van der Waals surface area contributed by atoms with Gasteiger partial charge in [0.2, 0.25) is 5.82 Å². The van der Waals surface area contributed by atoms with E-state index in [0.29, 0.717) is 11.3 Å². The average molecular weight is 497 g/mol. The van der Waals surface area contributed by atoms with E-state index in [1.54, 1.807) is 18.2 Å². The van der Waals surface area contributed by atoms with Crippen LogP contribution in [0.3, 0.4) is 0 Å². The molecule has 13 heteroatoms. The van der Waals surface area contributed by atoms with Crippen molar-refractivity contribution >= 4 is 28.7 Å². The van der Waals surface area contributed by atoms with Crippen molar-refractivity contribution in [3.8, 4) is 17.1 Å². The van der Waals surface area contributed by atoms with Crippen LogP contribution < -0.4 is 26.2 Å². The summed E-state index contributed by atoms with van der Waals surface area (Å²) in [5.74, 6) is -2.72. The van der Waals surface area contributed by atoms with E-state index in [4.69, 9.17) is 16.3 Å². The topological polar surface area (TPSA) is 106 Å². The van der Waals surface area contributed by atoms with E-state index in [9.17, 15) is 27.2 Å². The number of methoxy groups -OCH3 is 1. The van der Waals surface area contributed by atoms with Crippen LogP contribution >= 0.6 is 11.6 Å². The molecule has 2 N–H and O–H groups in total. The van der Waals surface area contributed by atoms with Gasteiger partial charge < -0.3 is 19.9 Å². The Balaban J connectivity index is 1.52. The van der Waals surface area contributed by atoms with Crippen LogP contribution in [0.25, 0.3) is 11.4 Å². The van der Waals surface area contributed by atoms with E-state index in [1.165, 1.54) is 19.2 Å². The van der Waals surface area contributed by atoms with Gasteiger partial charge in [0, 0.05) is 6.54 Å². The van der Waals surface area contributed by atoms with E-state index in [0.717, 1.165) is 6.07 Å². The quantitative estimate of drug-likeness (QED) is 0.284. The predicted octanol–water partition coefficient (Wildman–Crippen LogP) is 4.51. The number of anilines is 3. The number of rotatable bonds is 7. The molecule has 0 bridgehead atoms. The number of para-hydroxylation sites is 1. The number of aromatic nitrogens is 2. The summed E-state index contributed by atoms with van der Waals surface area (Å²) in [6.45, 7) is -0.0730. The van der Waals surface area contributed by atoms with Crippen molar-refractivity contribution in [1.82, 2.24) is 10.1 Å². The van der Waals surface area contributed by atoms with Gasteiger partial charge in [-0.2, -0.15) is 18.2 Å². The molecule has 0 unspecified atom stereocenters. The maximum Gasteiger partial charge on any atom is 0.471 e. The molecule has 0 aliphatic rings. The van der Waals surface area contributed by atoms with Crippen LogP contribution in [0.2, 0.25) is 5.02 Å².